The summed E-state index contributed by atoms with van der Waals surface area (Å²) in [6, 6.07) is 8.90. The van der Waals surface area contributed by atoms with Gasteiger partial charge in [-0.05, 0) is 86.5 Å². The van der Waals surface area contributed by atoms with Gasteiger partial charge in [0.1, 0.15) is 5.82 Å². The molecule has 0 bridgehead atoms. The Labute approximate surface area is 204 Å². The largest absolute Gasteiger partial charge is 0.388 e. The zero-order chi connectivity index (χ0) is 24.1. The summed E-state index contributed by atoms with van der Waals surface area (Å²) < 4.78 is 18.8. The Morgan fingerprint density at radius 3 is 2.86 bits per heavy atom. The zero-order valence-corrected chi connectivity index (χ0v) is 20.2. The van der Waals surface area contributed by atoms with Crippen LogP contribution in [0.2, 0.25) is 0 Å². The second-order valence-corrected chi connectivity index (χ2v) is 10.5. The van der Waals surface area contributed by atoms with E-state index >= 15 is 0 Å². The number of rotatable bonds is 6. The molecule has 184 valence electrons. The number of nitrogens with zero attached hydrogens (tertiary/aromatic N) is 3. The van der Waals surface area contributed by atoms with Crippen LogP contribution in [-0.4, -0.2) is 47.2 Å². The summed E-state index contributed by atoms with van der Waals surface area (Å²) in [6.07, 6.45) is 4.63. The number of anilines is 1. The number of amides is 1. The number of carbonyl (C=O) groups is 1. The quantitative estimate of drug-likeness (QED) is 0.538. The number of carbonyl (C=O) groups excluding carboxylic acids is 1. The summed E-state index contributed by atoms with van der Waals surface area (Å²) in [5.41, 5.74) is 6.00. The van der Waals surface area contributed by atoms with Gasteiger partial charge in [0.25, 0.3) is 0 Å². The highest BCUT2D eigenvalue weighted by molar-refractivity contribution is 5.99. The predicted octanol–water partition coefficient (Wildman–Crippen LogP) is 5.06. The van der Waals surface area contributed by atoms with Crippen molar-refractivity contribution in [3.05, 3.63) is 58.5 Å². The van der Waals surface area contributed by atoms with Crippen LogP contribution in [0.15, 0.2) is 34.9 Å². The fourth-order valence-electron chi connectivity index (χ4n) is 6.24. The standard InChI is InChI=1S/C28H32FN3O3/c1-17-13-26(34)32-12-8-19-14-20(15-23(17)28(19)32)24(33)3-2-9-31-10-6-18(7-11-31)27-22-5-4-21(29)16-25(22)35-30-27/h4-5,14-18,24,33H,2-3,6-13H2,1H3. The van der Waals surface area contributed by atoms with E-state index in [1.807, 2.05) is 4.90 Å². The number of aliphatic hydroxyl groups excluding tert-OH is 1. The number of fused-ring (bicyclic) bond motifs is 1. The monoisotopic (exact) mass is 477 g/mol. The SMILES string of the molecule is CC1CC(=O)N2CCc3cc(C(O)CCCN4CCC(c5noc6cc(F)ccc56)CC4)cc1c32. The van der Waals surface area contributed by atoms with Crippen LogP contribution < -0.4 is 4.90 Å². The van der Waals surface area contributed by atoms with E-state index < -0.39 is 6.10 Å². The van der Waals surface area contributed by atoms with Crippen LogP contribution in [0.5, 0.6) is 0 Å². The molecule has 2 atom stereocenters. The molecule has 4 heterocycles. The minimum Gasteiger partial charge on any atom is -0.388 e. The number of aromatic nitrogens is 1. The van der Waals surface area contributed by atoms with E-state index in [0.29, 0.717) is 17.9 Å². The van der Waals surface area contributed by atoms with Gasteiger partial charge < -0.3 is 19.4 Å². The average Bonchev–Trinajstić information content (AvgIpc) is 3.47. The van der Waals surface area contributed by atoms with Gasteiger partial charge in [-0.1, -0.05) is 24.2 Å². The lowest BCUT2D eigenvalue weighted by Gasteiger charge is -2.31. The Bertz CT molecular complexity index is 1260. The maximum absolute atomic E-state index is 13.4. The Kier molecular flexibility index (Phi) is 5.85. The topological polar surface area (TPSA) is 69.8 Å². The normalized spacial score (nSPS) is 21.6. The molecule has 1 N–H and O–H groups in total. The molecule has 3 aliphatic rings. The molecule has 6 nitrogen and oxygen atoms in total. The molecule has 0 spiro atoms. The van der Waals surface area contributed by atoms with Crippen molar-refractivity contribution in [1.29, 1.82) is 0 Å². The van der Waals surface area contributed by atoms with Gasteiger partial charge in [-0.25, -0.2) is 4.39 Å². The Hall–Kier alpha value is -2.77. The maximum atomic E-state index is 13.4. The van der Waals surface area contributed by atoms with Gasteiger partial charge in [-0.2, -0.15) is 0 Å². The summed E-state index contributed by atoms with van der Waals surface area (Å²) in [5, 5.41) is 16.1. The molecule has 1 amide bonds. The van der Waals surface area contributed by atoms with Gasteiger partial charge in [0.05, 0.1) is 17.5 Å². The minimum atomic E-state index is -0.477. The Morgan fingerprint density at radius 2 is 2.03 bits per heavy atom. The molecule has 6 rings (SSSR count). The average molecular weight is 478 g/mol. The number of aliphatic hydroxyl groups is 1. The van der Waals surface area contributed by atoms with Crippen LogP contribution in [0.4, 0.5) is 10.1 Å². The van der Waals surface area contributed by atoms with E-state index in [0.717, 1.165) is 80.6 Å². The molecule has 3 aromatic rings. The lowest BCUT2D eigenvalue weighted by atomic mass is 9.87. The first-order chi connectivity index (χ1) is 17.0. The first-order valence-electron chi connectivity index (χ1n) is 12.9. The lowest BCUT2D eigenvalue weighted by molar-refractivity contribution is -0.119. The number of likely N-dealkylation sites (tertiary alicyclic amines) is 1. The molecular weight excluding hydrogens is 445 g/mol. The van der Waals surface area contributed by atoms with E-state index in [9.17, 15) is 14.3 Å². The van der Waals surface area contributed by atoms with Gasteiger partial charge in [0.2, 0.25) is 5.91 Å². The van der Waals surface area contributed by atoms with Crippen LogP contribution in [0.25, 0.3) is 11.0 Å². The maximum Gasteiger partial charge on any atom is 0.227 e. The molecule has 0 radical (unpaired) electrons. The molecule has 35 heavy (non-hydrogen) atoms. The smallest absolute Gasteiger partial charge is 0.227 e. The van der Waals surface area contributed by atoms with E-state index in [2.05, 4.69) is 29.1 Å². The predicted molar refractivity (Wildman–Crippen MR) is 132 cm³/mol. The highest BCUT2D eigenvalue weighted by Gasteiger charge is 2.35. The number of halogens is 1. The van der Waals surface area contributed by atoms with Crippen molar-refractivity contribution in [2.75, 3.05) is 31.1 Å². The van der Waals surface area contributed by atoms with Crippen molar-refractivity contribution in [3.8, 4) is 0 Å². The molecule has 7 heteroatoms. The lowest BCUT2D eigenvalue weighted by Crippen LogP contribution is -2.34. The molecule has 0 aliphatic carbocycles. The third kappa shape index (κ3) is 4.15. The van der Waals surface area contributed by atoms with Crippen LogP contribution in [-0.2, 0) is 11.2 Å². The fourth-order valence-corrected chi connectivity index (χ4v) is 6.24. The number of benzene rings is 2. The highest BCUT2D eigenvalue weighted by Crippen LogP contribution is 2.43. The Morgan fingerprint density at radius 1 is 1.20 bits per heavy atom. The van der Waals surface area contributed by atoms with Crippen LogP contribution in [0, 0.1) is 5.82 Å². The third-order valence-corrected chi connectivity index (χ3v) is 8.20. The molecule has 2 aromatic carbocycles. The van der Waals surface area contributed by atoms with Crippen LogP contribution in [0.3, 0.4) is 0 Å². The molecule has 1 aromatic heterocycles. The first kappa shape index (κ1) is 22.7. The molecule has 1 fully saturated rings. The summed E-state index contributed by atoms with van der Waals surface area (Å²) in [7, 11) is 0. The van der Waals surface area contributed by atoms with Gasteiger partial charge in [-0.15, -0.1) is 0 Å². The molecule has 3 aliphatic heterocycles. The molecule has 0 saturated carbocycles. The van der Waals surface area contributed by atoms with Crippen molar-refractivity contribution in [3.63, 3.8) is 0 Å². The van der Waals surface area contributed by atoms with Crippen LogP contribution in [0.1, 0.15) is 79.4 Å². The van der Waals surface area contributed by atoms with Crippen LogP contribution >= 0.6 is 0 Å². The van der Waals surface area contributed by atoms with E-state index in [4.69, 9.17) is 4.52 Å². The molecule has 2 unspecified atom stereocenters. The minimum absolute atomic E-state index is 0.208. The summed E-state index contributed by atoms with van der Waals surface area (Å²) in [6.45, 7) is 5.82. The van der Waals surface area contributed by atoms with Crippen molar-refractivity contribution in [1.82, 2.24) is 10.1 Å². The third-order valence-electron chi connectivity index (χ3n) is 8.20. The fraction of sp³-hybridized carbons (Fsp3) is 0.500. The van der Waals surface area contributed by atoms with E-state index in [1.165, 1.54) is 23.3 Å². The van der Waals surface area contributed by atoms with Gasteiger partial charge in [0.15, 0.2) is 5.58 Å². The Balaban J connectivity index is 1.03. The van der Waals surface area contributed by atoms with Gasteiger partial charge >= 0.3 is 0 Å². The van der Waals surface area contributed by atoms with Gasteiger partial charge in [0, 0.05) is 30.3 Å². The zero-order valence-electron chi connectivity index (χ0n) is 20.2. The van der Waals surface area contributed by atoms with E-state index in [-0.39, 0.29) is 17.6 Å². The van der Waals surface area contributed by atoms with Crippen molar-refractivity contribution < 1.29 is 18.8 Å². The summed E-state index contributed by atoms with van der Waals surface area (Å²) >= 11 is 0. The second kappa shape index (κ2) is 9.03. The summed E-state index contributed by atoms with van der Waals surface area (Å²) in [5.74, 6) is 0.467. The number of hydrogen-bond donors (Lipinski definition) is 1. The second-order valence-electron chi connectivity index (χ2n) is 10.5. The van der Waals surface area contributed by atoms with Crippen molar-refractivity contribution in [2.45, 2.75) is 63.4 Å². The summed E-state index contributed by atoms with van der Waals surface area (Å²) in [4.78, 5) is 16.7. The first-order valence-corrected chi connectivity index (χ1v) is 12.9. The molecule has 1 saturated heterocycles. The number of piperidine rings is 1. The number of hydrogen-bond acceptors (Lipinski definition) is 5. The highest BCUT2D eigenvalue weighted by atomic mass is 19.1. The van der Waals surface area contributed by atoms with E-state index in [1.54, 1.807) is 6.07 Å². The van der Waals surface area contributed by atoms with Crippen molar-refractivity contribution in [2.24, 2.45) is 0 Å². The van der Waals surface area contributed by atoms with Gasteiger partial charge in [-0.3, -0.25) is 4.79 Å². The van der Waals surface area contributed by atoms with Crippen molar-refractivity contribution >= 4 is 22.6 Å². The molecular formula is C28H32FN3O3.